The molecule has 9 heteroatoms. The maximum absolute atomic E-state index is 12.0. The number of aromatic carboxylic acids is 1. The van der Waals surface area contributed by atoms with Crippen LogP contribution in [0.2, 0.25) is 0 Å². The van der Waals surface area contributed by atoms with Gasteiger partial charge in [-0.1, -0.05) is 0 Å². The fourth-order valence-electron chi connectivity index (χ4n) is 2.34. The molecule has 0 unspecified atom stereocenters. The fraction of sp³-hybridized carbons (Fsp3) is 0.500. The van der Waals surface area contributed by atoms with Crippen LogP contribution >= 0.6 is 0 Å². The number of H-pyrrole nitrogens is 1. The van der Waals surface area contributed by atoms with Crippen molar-refractivity contribution in [3.05, 3.63) is 17.7 Å². The first-order valence-corrected chi connectivity index (χ1v) is 6.55. The van der Waals surface area contributed by atoms with Crippen LogP contribution in [-0.2, 0) is 4.79 Å². The first-order valence-electron chi connectivity index (χ1n) is 6.55. The molecule has 5 N–H and O–H groups in total. The molecule has 1 aliphatic heterocycles. The largest absolute Gasteiger partial charge is 0.477 e. The van der Waals surface area contributed by atoms with Gasteiger partial charge < -0.3 is 21.1 Å². The quantitative estimate of drug-likeness (QED) is 0.537. The van der Waals surface area contributed by atoms with E-state index in [0.29, 0.717) is 25.9 Å². The van der Waals surface area contributed by atoms with Crippen molar-refractivity contribution in [2.75, 3.05) is 19.6 Å². The van der Waals surface area contributed by atoms with E-state index in [4.69, 9.17) is 10.8 Å². The second-order valence-electron chi connectivity index (χ2n) is 4.92. The summed E-state index contributed by atoms with van der Waals surface area (Å²) in [5, 5.41) is 11.7. The normalized spacial score (nSPS) is 16.6. The van der Waals surface area contributed by atoms with Gasteiger partial charge in [0.15, 0.2) is 11.4 Å². The van der Waals surface area contributed by atoms with Crippen molar-refractivity contribution in [1.29, 1.82) is 0 Å². The number of piperidine rings is 1. The monoisotopic (exact) mass is 295 g/mol. The number of aromatic nitrogens is 2. The van der Waals surface area contributed by atoms with Crippen LogP contribution in [0.5, 0.6) is 0 Å². The summed E-state index contributed by atoms with van der Waals surface area (Å²) >= 11 is 0. The maximum atomic E-state index is 12.0. The van der Waals surface area contributed by atoms with Crippen LogP contribution in [0.4, 0.5) is 0 Å². The molecule has 21 heavy (non-hydrogen) atoms. The predicted molar refractivity (Wildman–Crippen MR) is 71.7 cm³/mol. The molecule has 1 aromatic rings. The molecule has 0 aromatic carbocycles. The number of hydrogen-bond acceptors (Lipinski definition) is 5. The van der Waals surface area contributed by atoms with Crippen LogP contribution in [0.1, 0.15) is 33.8 Å². The van der Waals surface area contributed by atoms with Gasteiger partial charge in [0.05, 0.1) is 12.9 Å². The molecular formula is C12H17N5O4. The highest BCUT2D eigenvalue weighted by Crippen LogP contribution is 2.11. The molecule has 0 radical (unpaired) electrons. The summed E-state index contributed by atoms with van der Waals surface area (Å²) in [7, 11) is 0. The van der Waals surface area contributed by atoms with Gasteiger partial charge in [0.2, 0.25) is 5.91 Å². The van der Waals surface area contributed by atoms with Crippen molar-refractivity contribution in [3.8, 4) is 0 Å². The molecule has 1 aromatic heterocycles. The number of rotatable bonds is 5. The maximum Gasteiger partial charge on any atom is 0.354 e. The Kier molecular flexibility index (Phi) is 4.53. The van der Waals surface area contributed by atoms with Crippen molar-refractivity contribution in [3.63, 3.8) is 0 Å². The highest BCUT2D eigenvalue weighted by molar-refractivity contribution is 6.02. The van der Waals surface area contributed by atoms with E-state index in [1.807, 2.05) is 4.90 Å². The lowest BCUT2D eigenvalue weighted by atomic mass is 10.0. The van der Waals surface area contributed by atoms with Crippen LogP contribution in [0.25, 0.3) is 0 Å². The van der Waals surface area contributed by atoms with E-state index >= 15 is 0 Å². The molecule has 1 saturated heterocycles. The fourth-order valence-corrected chi connectivity index (χ4v) is 2.34. The lowest BCUT2D eigenvalue weighted by Crippen LogP contribution is -2.47. The molecule has 1 aliphatic rings. The summed E-state index contributed by atoms with van der Waals surface area (Å²) in [6.07, 6.45) is 2.52. The molecule has 1 fully saturated rings. The molecule has 9 nitrogen and oxygen atoms in total. The zero-order chi connectivity index (χ0) is 15.4. The van der Waals surface area contributed by atoms with Gasteiger partial charge in [0.25, 0.3) is 5.91 Å². The summed E-state index contributed by atoms with van der Waals surface area (Å²) < 4.78 is 0. The Morgan fingerprint density at radius 3 is 2.67 bits per heavy atom. The lowest BCUT2D eigenvalue weighted by molar-refractivity contribution is -0.119. The van der Waals surface area contributed by atoms with Gasteiger partial charge in [-0.3, -0.25) is 14.5 Å². The van der Waals surface area contributed by atoms with Crippen LogP contribution in [0.15, 0.2) is 6.33 Å². The predicted octanol–water partition coefficient (Wildman–Crippen LogP) is -1.21. The second kappa shape index (κ2) is 6.35. The number of amides is 2. The Morgan fingerprint density at radius 2 is 2.10 bits per heavy atom. The van der Waals surface area contributed by atoms with Gasteiger partial charge in [0, 0.05) is 19.1 Å². The van der Waals surface area contributed by atoms with Gasteiger partial charge in [0.1, 0.15) is 0 Å². The Balaban J connectivity index is 1.88. The van der Waals surface area contributed by atoms with Crippen molar-refractivity contribution >= 4 is 17.8 Å². The minimum Gasteiger partial charge on any atom is -0.477 e. The summed E-state index contributed by atoms with van der Waals surface area (Å²) in [4.78, 5) is 41.8. The number of imidazole rings is 1. The van der Waals surface area contributed by atoms with Crippen LogP contribution in [-0.4, -0.2) is 63.4 Å². The number of carboxylic acids is 1. The van der Waals surface area contributed by atoms with Gasteiger partial charge in [-0.05, 0) is 12.8 Å². The highest BCUT2D eigenvalue weighted by atomic mass is 16.4. The SMILES string of the molecule is NC(=O)CN1CCC(NC(=O)c2nc[nH]c2C(=O)O)CC1. The van der Waals surface area contributed by atoms with Crippen molar-refractivity contribution in [2.24, 2.45) is 5.73 Å². The minimum atomic E-state index is -1.23. The first-order chi connectivity index (χ1) is 9.97. The number of primary amides is 1. The average molecular weight is 295 g/mol. The zero-order valence-electron chi connectivity index (χ0n) is 11.3. The van der Waals surface area contributed by atoms with Gasteiger partial charge in [-0.2, -0.15) is 0 Å². The number of nitrogens with one attached hydrogen (secondary N) is 2. The number of carbonyl (C=O) groups excluding carboxylic acids is 2. The number of nitrogens with zero attached hydrogens (tertiary/aromatic N) is 2. The molecule has 114 valence electrons. The summed E-state index contributed by atoms with van der Waals surface area (Å²) in [5.74, 6) is -2.11. The summed E-state index contributed by atoms with van der Waals surface area (Å²) in [5.41, 5.74) is 4.78. The van der Waals surface area contributed by atoms with E-state index < -0.39 is 11.9 Å². The molecule has 2 rings (SSSR count). The third kappa shape index (κ3) is 3.78. The molecule has 0 spiro atoms. The summed E-state index contributed by atoms with van der Waals surface area (Å²) in [6, 6.07) is -0.0695. The first kappa shape index (κ1) is 15.0. The molecule has 0 saturated carbocycles. The number of likely N-dealkylation sites (tertiary alicyclic amines) is 1. The van der Waals surface area contributed by atoms with Crippen LogP contribution < -0.4 is 11.1 Å². The second-order valence-corrected chi connectivity index (χ2v) is 4.92. The Labute approximate surface area is 120 Å². The van der Waals surface area contributed by atoms with Gasteiger partial charge >= 0.3 is 5.97 Å². The van der Waals surface area contributed by atoms with Crippen LogP contribution in [0, 0.1) is 0 Å². The highest BCUT2D eigenvalue weighted by Gasteiger charge is 2.25. The standard InChI is InChI=1S/C12H17N5O4/c13-8(18)5-17-3-1-7(2-4-17)16-11(19)9-10(12(20)21)15-6-14-9/h6-7H,1-5H2,(H2,13,18)(H,14,15)(H,16,19)(H,20,21). The number of hydrogen-bond donors (Lipinski definition) is 4. The van der Waals surface area contributed by atoms with Gasteiger partial charge in [-0.15, -0.1) is 0 Å². The van der Waals surface area contributed by atoms with E-state index in [0.717, 1.165) is 0 Å². The Bertz CT molecular complexity index is 548. The topological polar surface area (TPSA) is 141 Å². The third-order valence-electron chi connectivity index (χ3n) is 3.37. The van der Waals surface area contributed by atoms with E-state index in [1.54, 1.807) is 0 Å². The van der Waals surface area contributed by atoms with Crippen molar-refractivity contribution in [2.45, 2.75) is 18.9 Å². The molecule has 0 aliphatic carbocycles. The average Bonchev–Trinajstić information content (AvgIpc) is 2.90. The van der Waals surface area contributed by atoms with E-state index in [2.05, 4.69) is 15.3 Å². The minimum absolute atomic E-state index is 0.0695. The Hall–Kier alpha value is -2.42. The van der Waals surface area contributed by atoms with E-state index in [1.165, 1.54) is 6.33 Å². The zero-order valence-corrected chi connectivity index (χ0v) is 11.3. The molecule has 0 atom stereocenters. The van der Waals surface area contributed by atoms with E-state index in [-0.39, 0.29) is 29.9 Å². The molecule has 2 heterocycles. The smallest absolute Gasteiger partial charge is 0.354 e. The number of carboxylic acid groups (broad SMARTS) is 1. The Morgan fingerprint density at radius 1 is 1.43 bits per heavy atom. The number of nitrogens with two attached hydrogens (primary N) is 1. The number of carbonyl (C=O) groups is 3. The van der Waals surface area contributed by atoms with Crippen molar-refractivity contribution < 1.29 is 19.5 Å². The van der Waals surface area contributed by atoms with E-state index in [9.17, 15) is 14.4 Å². The lowest BCUT2D eigenvalue weighted by Gasteiger charge is -2.31. The van der Waals surface area contributed by atoms with Crippen LogP contribution in [0.3, 0.4) is 0 Å². The molecule has 2 amide bonds. The van der Waals surface area contributed by atoms with Gasteiger partial charge in [-0.25, -0.2) is 9.78 Å². The molecule has 0 bridgehead atoms. The number of aromatic amines is 1. The molecular weight excluding hydrogens is 278 g/mol. The van der Waals surface area contributed by atoms with Crippen molar-refractivity contribution in [1.82, 2.24) is 20.2 Å². The third-order valence-corrected chi connectivity index (χ3v) is 3.37. The summed E-state index contributed by atoms with van der Waals surface area (Å²) in [6.45, 7) is 1.52.